The van der Waals surface area contributed by atoms with Crippen molar-refractivity contribution in [2.24, 2.45) is 0 Å². The lowest BCUT2D eigenvalue weighted by Gasteiger charge is -1.85. The molecular weight excluding hydrogens is 130 g/mol. The van der Waals surface area contributed by atoms with E-state index in [1.54, 1.807) is 12.1 Å². The van der Waals surface area contributed by atoms with Crippen molar-refractivity contribution in [1.29, 1.82) is 0 Å². The summed E-state index contributed by atoms with van der Waals surface area (Å²) in [5, 5.41) is 6.96. The standard InChI is InChI=1S/C6H4N3O/c7-4-1-2-6-5(3-4)8-9-10-6/h1-2H,7H2. The van der Waals surface area contributed by atoms with Crippen molar-refractivity contribution in [3.05, 3.63) is 18.2 Å². The third-order valence-corrected chi connectivity index (χ3v) is 1.19. The molecule has 0 saturated heterocycles. The Morgan fingerprint density at radius 3 is 3.30 bits per heavy atom. The number of benzene rings is 1. The topological polar surface area (TPSA) is 64.9 Å². The quantitative estimate of drug-likeness (QED) is 0.536. The van der Waals surface area contributed by atoms with Crippen LogP contribution in [0.1, 0.15) is 0 Å². The Bertz CT molecular complexity index is 355. The van der Waals surface area contributed by atoms with E-state index in [0.29, 0.717) is 16.8 Å². The molecule has 1 aromatic carbocycles. The van der Waals surface area contributed by atoms with Gasteiger partial charge in [-0.15, -0.1) is 5.10 Å². The normalized spacial score (nSPS) is 10.4. The van der Waals surface area contributed by atoms with E-state index in [1.807, 2.05) is 0 Å². The Balaban J connectivity index is 2.86. The summed E-state index contributed by atoms with van der Waals surface area (Å²) in [5.41, 5.74) is 7.14. The number of nitrogens with zero attached hydrogens (tertiary/aromatic N) is 2. The number of rotatable bonds is 0. The lowest BCUT2D eigenvalue weighted by Crippen LogP contribution is -1.82. The largest absolute Gasteiger partial charge is 0.398 e. The monoisotopic (exact) mass is 134 g/mol. The number of aromatic nitrogens is 2. The Morgan fingerprint density at radius 2 is 2.40 bits per heavy atom. The lowest BCUT2D eigenvalue weighted by atomic mass is 10.3. The minimum Gasteiger partial charge on any atom is -0.398 e. The predicted octanol–water partition coefficient (Wildman–Crippen LogP) is 0.605. The molecule has 4 heteroatoms. The summed E-state index contributed by atoms with van der Waals surface area (Å²) in [7, 11) is 0. The highest BCUT2D eigenvalue weighted by molar-refractivity contribution is 5.74. The summed E-state index contributed by atoms with van der Waals surface area (Å²) >= 11 is 0. The maximum Gasteiger partial charge on any atom is 0.188 e. The molecule has 0 unspecified atom stereocenters. The van der Waals surface area contributed by atoms with Gasteiger partial charge in [0, 0.05) is 17.0 Å². The van der Waals surface area contributed by atoms with E-state index in [-0.39, 0.29) is 0 Å². The number of hydrogen-bond donors (Lipinski definition) is 1. The summed E-state index contributed by atoms with van der Waals surface area (Å²) < 4.78 is 4.72. The molecule has 0 aliphatic rings. The van der Waals surface area contributed by atoms with Gasteiger partial charge in [0.25, 0.3) is 0 Å². The number of fused-ring (bicyclic) bond motifs is 1. The van der Waals surface area contributed by atoms with E-state index in [2.05, 4.69) is 16.4 Å². The van der Waals surface area contributed by atoms with Gasteiger partial charge in [-0.25, -0.2) is 0 Å². The first-order valence-corrected chi connectivity index (χ1v) is 2.76. The number of nitrogen functional groups attached to an aromatic ring is 1. The highest BCUT2D eigenvalue weighted by Gasteiger charge is 1.98. The fraction of sp³-hybridized carbons (Fsp3) is 0. The average molecular weight is 134 g/mol. The Morgan fingerprint density at radius 1 is 1.50 bits per heavy atom. The fourth-order valence-corrected chi connectivity index (χ4v) is 0.738. The molecule has 0 atom stereocenters. The third-order valence-electron chi connectivity index (χ3n) is 1.19. The molecular formula is C6H4N3O. The Kier molecular flexibility index (Phi) is 0.887. The van der Waals surface area contributed by atoms with Crippen LogP contribution in [-0.2, 0) is 0 Å². The van der Waals surface area contributed by atoms with E-state index >= 15 is 0 Å². The van der Waals surface area contributed by atoms with Gasteiger partial charge in [0.1, 0.15) is 5.52 Å². The lowest BCUT2D eigenvalue weighted by molar-refractivity contribution is 0.424. The molecule has 0 aliphatic carbocycles. The van der Waals surface area contributed by atoms with Crippen LogP contribution in [0, 0.1) is 6.07 Å². The van der Waals surface area contributed by atoms with Crippen LogP contribution in [0.4, 0.5) is 5.69 Å². The molecule has 1 radical (unpaired) electrons. The minimum absolute atomic E-state index is 0.545. The van der Waals surface area contributed by atoms with Crippen molar-refractivity contribution >= 4 is 16.8 Å². The van der Waals surface area contributed by atoms with Gasteiger partial charge in [-0.2, -0.15) is 0 Å². The maximum absolute atomic E-state index is 5.42. The van der Waals surface area contributed by atoms with Gasteiger partial charge < -0.3 is 10.3 Å². The Labute approximate surface area is 56.6 Å². The SMILES string of the molecule is Nc1[c]c2nnoc2cc1. The van der Waals surface area contributed by atoms with Gasteiger partial charge in [0.05, 0.1) is 0 Å². The second-order valence-corrected chi connectivity index (χ2v) is 1.90. The third kappa shape index (κ3) is 0.621. The van der Waals surface area contributed by atoms with Crippen LogP contribution >= 0.6 is 0 Å². The maximum atomic E-state index is 5.42. The molecule has 0 spiro atoms. The number of anilines is 1. The molecule has 0 bridgehead atoms. The van der Waals surface area contributed by atoms with E-state index in [0.717, 1.165) is 0 Å². The minimum atomic E-state index is 0.545. The molecule has 0 aliphatic heterocycles. The first-order chi connectivity index (χ1) is 4.86. The van der Waals surface area contributed by atoms with Crippen LogP contribution in [0.3, 0.4) is 0 Å². The molecule has 2 aromatic rings. The van der Waals surface area contributed by atoms with Crippen molar-refractivity contribution in [1.82, 2.24) is 10.4 Å². The van der Waals surface area contributed by atoms with Crippen molar-refractivity contribution < 1.29 is 4.52 Å². The van der Waals surface area contributed by atoms with Gasteiger partial charge in [0.2, 0.25) is 0 Å². The predicted molar refractivity (Wildman–Crippen MR) is 35.1 cm³/mol. The van der Waals surface area contributed by atoms with Gasteiger partial charge in [-0.05, 0) is 12.1 Å². The summed E-state index contributed by atoms with van der Waals surface area (Å²) in [5.74, 6) is 0. The van der Waals surface area contributed by atoms with Crippen molar-refractivity contribution in [2.75, 3.05) is 5.73 Å². The summed E-state index contributed by atoms with van der Waals surface area (Å²) in [6, 6.07) is 6.18. The first-order valence-electron chi connectivity index (χ1n) is 2.76. The second kappa shape index (κ2) is 1.70. The van der Waals surface area contributed by atoms with Crippen molar-refractivity contribution in [3.8, 4) is 0 Å². The van der Waals surface area contributed by atoms with E-state index in [1.165, 1.54) is 0 Å². The zero-order valence-electron chi connectivity index (χ0n) is 5.03. The Hall–Kier alpha value is -1.58. The molecule has 0 fully saturated rings. The molecule has 1 aromatic heterocycles. The summed E-state index contributed by atoms with van der Waals surface area (Å²) in [4.78, 5) is 0. The van der Waals surface area contributed by atoms with Gasteiger partial charge >= 0.3 is 0 Å². The molecule has 4 nitrogen and oxygen atoms in total. The van der Waals surface area contributed by atoms with Crippen LogP contribution in [0.2, 0.25) is 0 Å². The molecule has 2 rings (SSSR count). The molecule has 0 amide bonds. The molecule has 49 valence electrons. The molecule has 0 saturated carbocycles. The van der Waals surface area contributed by atoms with E-state index in [9.17, 15) is 0 Å². The van der Waals surface area contributed by atoms with Crippen LogP contribution in [0.15, 0.2) is 16.7 Å². The molecule has 10 heavy (non-hydrogen) atoms. The van der Waals surface area contributed by atoms with Gasteiger partial charge in [-0.3, -0.25) is 0 Å². The zero-order valence-corrected chi connectivity index (χ0v) is 5.03. The van der Waals surface area contributed by atoms with Crippen molar-refractivity contribution in [2.45, 2.75) is 0 Å². The van der Waals surface area contributed by atoms with Crippen LogP contribution < -0.4 is 5.73 Å². The first kappa shape index (κ1) is 5.22. The van der Waals surface area contributed by atoms with Gasteiger partial charge in [-0.1, -0.05) is 0 Å². The molecule has 2 N–H and O–H groups in total. The highest BCUT2D eigenvalue weighted by Crippen LogP contribution is 2.12. The van der Waals surface area contributed by atoms with Crippen LogP contribution in [0.25, 0.3) is 11.1 Å². The van der Waals surface area contributed by atoms with Gasteiger partial charge in [0.15, 0.2) is 5.58 Å². The van der Waals surface area contributed by atoms with E-state index < -0.39 is 0 Å². The van der Waals surface area contributed by atoms with Crippen LogP contribution in [0.5, 0.6) is 0 Å². The fourth-order valence-electron chi connectivity index (χ4n) is 0.738. The summed E-state index contributed by atoms with van der Waals surface area (Å²) in [6.07, 6.45) is 0. The van der Waals surface area contributed by atoms with Crippen molar-refractivity contribution in [3.63, 3.8) is 0 Å². The summed E-state index contributed by atoms with van der Waals surface area (Å²) in [6.45, 7) is 0. The second-order valence-electron chi connectivity index (χ2n) is 1.90. The average Bonchev–Trinajstić information content (AvgIpc) is 2.33. The number of nitrogens with two attached hydrogens (primary N) is 1. The number of hydrogen-bond acceptors (Lipinski definition) is 4. The molecule has 1 heterocycles. The smallest absolute Gasteiger partial charge is 0.188 e. The van der Waals surface area contributed by atoms with Crippen LogP contribution in [-0.4, -0.2) is 10.4 Å². The highest BCUT2D eigenvalue weighted by atomic mass is 16.5. The zero-order chi connectivity index (χ0) is 6.97. The van der Waals surface area contributed by atoms with E-state index in [4.69, 9.17) is 10.3 Å².